The largest absolute Gasteiger partial charge is 0.478 e. The standard InChI is InChI=1S/C25H38O3/c1-5-6-7-10-17(3)24-18(11-8-9-12-21(27)28)22-16(2)13-14-20(26)23(22)19-15-25(19,24)4/h8-12,16,18-20,22-24,26H,5-7,13-15H2,1-4H3,(H,27,28)/t16-,18-,19+,20-,22-,23-,24-,25+/m0/s1. The van der Waals surface area contributed by atoms with Crippen LogP contribution < -0.4 is 0 Å². The summed E-state index contributed by atoms with van der Waals surface area (Å²) < 4.78 is 0. The summed E-state index contributed by atoms with van der Waals surface area (Å²) in [5.74, 6) is 2.07. The van der Waals surface area contributed by atoms with Crippen molar-refractivity contribution in [2.24, 2.45) is 40.9 Å². The highest BCUT2D eigenvalue weighted by atomic mass is 16.4. The number of carboxylic acids is 1. The minimum Gasteiger partial charge on any atom is -0.478 e. The fourth-order valence-electron chi connectivity index (χ4n) is 6.69. The van der Waals surface area contributed by atoms with Crippen LogP contribution in [0.15, 0.2) is 36.0 Å². The van der Waals surface area contributed by atoms with Crippen molar-refractivity contribution in [1.29, 1.82) is 0 Å². The molecule has 3 fully saturated rings. The van der Waals surface area contributed by atoms with Crippen LogP contribution in [-0.4, -0.2) is 22.3 Å². The summed E-state index contributed by atoms with van der Waals surface area (Å²) >= 11 is 0. The molecule has 3 heteroatoms. The van der Waals surface area contributed by atoms with Crippen LogP contribution in [0.2, 0.25) is 0 Å². The molecule has 0 bridgehead atoms. The van der Waals surface area contributed by atoms with E-state index in [0.29, 0.717) is 35.5 Å². The first-order valence-electron chi connectivity index (χ1n) is 11.2. The highest BCUT2D eigenvalue weighted by Crippen LogP contribution is 2.73. The van der Waals surface area contributed by atoms with Gasteiger partial charge in [0.25, 0.3) is 0 Å². The number of rotatable bonds is 7. The Labute approximate surface area is 170 Å². The highest BCUT2D eigenvalue weighted by molar-refractivity contribution is 5.80. The van der Waals surface area contributed by atoms with E-state index >= 15 is 0 Å². The van der Waals surface area contributed by atoms with Crippen molar-refractivity contribution >= 4 is 5.97 Å². The molecule has 28 heavy (non-hydrogen) atoms. The number of aliphatic hydroxyl groups excluding tert-OH is 1. The van der Waals surface area contributed by atoms with Gasteiger partial charge in [0.15, 0.2) is 0 Å². The molecule has 0 amide bonds. The number of carboxylic acid groups (broad SMARTS) is 1. The Kier molecular flexibility index (Phi) is 6.54. The first kappa shape index (κ1) is 21.4. The van der Waals surface area contributed by atoms with Crippen molar-refractivity contribution in [2.75, 3.05) is 0 Å². The first-order chi connectivity index (χ1) is 13.3. The second-order valence-corrected chi connectivity index (χ2v) is 9.82. The number of unbranched alkanes of at least 4 members (excludes halogenated alkanes) is 2. The van der Waals surface area contributed by atoms with Crippen LogP contribution >= 0.6 is 0 Å². The molecule has 0 unspecified atom stereocenters. The zero-order valence-corrected chi connectivity index (χ0v) is 18.0. The minimum absolute atomic E-state index is 0.177. The Morgan fingerprint density at radius 1 is 1.21 bits per heavy atom. The molecule has 156 valence electrons. The molecule has 8 atom stereocenters. The Bertz CT molecular complexity index is 661. The first-order valence-corrected chi connectivity index (χ1v) is 11.2. The van der Waals surface area contributed by atoms with E-state index < -0.39 is 5.97 Å². The summed E-state index contributed by atoms with van der Waals surface area (Å²) in [5, 5.41) is 19.8. The molecule has 0 heterocycles. The maximum absolute atomic E-state index is 10.9. The molecule has 3 saturated carbocycles. The number of aliphatic hydroxyl groups is 1. The van der Waals surface area contributed by atoms with Crippen molar-refractivity contribution in [3.8, 4) is 0 Å². The third kappa shape index (κ3) is 4.01. The third-order valence-corrected chi connectivity index (χ3v) is 8.01. The van der Waals surface area contributed by atoms with Gasteiger partial charge < -0.3 is 10.2 Å². The second-order valence-electron chi connectivity index (χ2n) is 9.82. The summed E-state index contributed by atoms with van der Waals surface area (Å²) in [7, 11) is 0. The molecule has 0 radical (unpaired) electrons. The van der Waals surface area contributed by atoms with Crippen LogP contribution in [0.3, 0.4) is 0 Å². The van der Waals surface area contributed by atoms with Crippen molar-refractivity contribution in [2.45, 2.75) is 72.3 Å². The van der Waals surface area contributed by atoms with Crippen LogP contribution in [0.4, 0.5) is 0 Å². The number of hydrogen-bond acceptors (Lipinski definition) is 2. The molecule has 3 nitrogen and oxygen atoms in total. The smallest absolute Gasteiger partial charge is 0.328 e. The molecule has 0 aromatic carbocycles. The predicted molar refractivity (Wildman–Crippen MR) is 114 cm³/mol. The maximum Gasteiger partial charge on any atom is 0.328 e. The molecular weight excluding hydrogens is 348 g/mol. The van der Waals surface area contributed by atoms with Gasteiger partial charge in [0.2, 0.25) is 0 Å². The number of fused-ring (bicyclic) bond motifs is 3. The summed E-state index contributed by atoms with van der Waals surface area (Å²) in [6.07, 6.45) is 16.1. The summed E-state index contributed by atoms with van der Waals surface area (Å²) in [5.41, 5.74) is 1.78. The average Bonchev–Trinajstić information content (AvgIpc) is 3.32. The van der Waals surface area contributed by atoms with Crippen molar-refractivity contribution in [3.63, 3.8) is 0 Å². The summed E-state index contributed by atoms with van der Waals surface area (Å²) in [6, 6.07) is 0. The van der Waals surface area contributed by atoms with Gasteiger partial charge in [0.1, 0.15) is 0 Å². The molecule has 0 aromatic heterocycles. The summed E-state index contributed by atoms with van der Waals surface area (Å²) in [4.78, 5) is 10.8. The zero-order chi connectivity index (χ0) is 20.5. The number of carbonyl (C=O) groups is 1. The Hall–Kier alpha value is -1.35. The minimum atomic E-state index is -0.908. The Morgan fingerprint density at radius 3 is 2.64 bits per heavy atom. The van der Waals surface area contributed by atoms with Gasteiger partial charge in [-0.3, -0.25) is 0 Å². The van der Waals surface area contributed by atoms with Gasteiger partial charge in [0, 0.05) is 6.08 Å². The molecular formula is C25H38O3. The lowest BCUT2D eigenvalue weighted by Gasteiger charge is -2.52. The third-order valence-electron chi connectivity index (χ3n) is 8.01. The fourth-order valence-corrected chi connectivity index (χ4v) is 6.69. The quantitative estimate of drug-likeness (QED) is 0.258. The van der Waals surface area contributed by atoms with E-state index in [1.54, 1.807) is 6.08 Å². The van der Waals surface area contributed by atoms with Crippen LogP contribution in [0, 0.1) is 40.9 Å². The molecule has 0 aliphatic heterocycles. The van der Waals surface area contributed by atoms with Gasteiger partial charge >= 0.3 is 5.97 Å². The number of aliphatic carboxylic acids is 1. The molecule has 0 aromatic rings. The second kappa shape index (κ2) is 8.57. The van der Waals surface area contributed by atoms with Gasteiger partial charge in [-0.05, 0) is 73.5 Å². The SMILES string of the molecule is CCCCC=C(C)[C@H]1[C@@H](C=CC=CC(=O)O)[C@H]2[C@@H]([C@H]3C[C@]31C)[C@@H](O)CC[C@@H]2C. The highest BCUT2D eigenvalue weighted by Gasteiger charge is 2.68. The van der Waals surface area contributed by atoms with E-state index in [2.05, 4.69) is 39.8 Å². The van der Waals surface area contributed by atoms with Gasteiger partial charge in [-0.1, -0.05) is 63.5 Å². The normalized spacial score (nSPS) is 43.2. The van der Waals surface area contributed by atoms with Crippen LogP contribution in [0.25, 0.3) is 0 Å². The zero-order valence-electron chi connectivity index (χ0n) is 18.0. The van der Waals surface area contributed by atoms with E-state index in [1.165, 1.54) is 30.9 Å². The fraction of sp³-hybridized carbons (Fsp3) is 0.720. The van der Waals surface area contributed by atoms with E-state index in [1.807, 2.05) is 6.08 Å². The van der Waals surface area contributed by atoms with E-state index in [0.717, 1.165) is 19.3 Å². The van der Waals surface area contributed by atoms with E-state index in [-0.39, 0.29) is 11.5 Å². The lowest BCUT2D eigenvalue weighted by atomic mass is 9.53. The average molecular weight is 387 g/mol. The number of hydrogen-bond donors (Lipinski definition) is 2. The van der Waals surface area contributed by atoms with Gasteiger partial charge in [-0.25, -0.2) is 4.79 Å². The van der Waals surface area contributed by atoms with Gasteiger partial charge in [-0.15, -0.1) is 0 Å². The van der Waals surface area contributed by atoms with E-state index in [9.17, 15) is 9.90 Å². The molecule has 0 saturated heterocycles. The van der Waals surface area contributed by atoms with Crippen molar-refractivity contribution in [1.82, 2.24) is 0 Å². The van der Waals surface area contributed by atoms with Crippen LogP contribution in [0.1, 0.15) is 66.2 Å². The van der Waals surface area contributed by atoms with E-state index in [4.69, 9.17) is 5.11 Å². The molecule has 0 spiro atoms. The molecule has 2 N–H and O–H groups in total. The topological polar surface area (TPSA) is 57.5 Å². The predicted octanol–water partition coefficient (Wildman–Crippen LogP) is 5.62. The maximum atomic E-state index is 10.9. The summed E-state index contributed by atoms with van der Waals surface area (Å²) in [6.45, 7) is 9.32. The molecule has 3 rings (SSSR count). The van der Waals surface area contributed by atoms with Gasteiger partial charge in [-0.2, -0.15) is 0 Å². The Balaban J connectivity index is 1.95. The van der Waals surface area contributed by atoms with Crippen LogP contribution in [-0.2, 0) is 4.79 Å². The number of allylic oxidation sites excluding steroid dienone is 5. The molecule has 3 aliphatic rings. The lowest BCUT2D eigenvalue weighted by Crippen LogP contribution is -2.49. The van der Waals surface area contributed by atoms with Crippen molar-refractivity contribution < 1.29 is 15.0 Å². The monoisotopic (exact) mass is 386 g/mol. The van der Waals surface area contributed by atoms with Crippen molar-refractivity contribution in [3.05, 3.63) is 36.0 Å². The van der Waals surface area contributed by atoms with Crippen LogP contribution in [0.5, 0.6) is 0 Å². The lowest BCUT2D eigenvalue weighted by molar-refractivity contribution is -0.131. The molecule has 3 aliphatic carbocycles. The Morgan fingerprint density at radius 2 is 1.96 bits per heavy atom. The van der Waals surface area contributed by atoms with Gasteiger partial charge in [0.05, 0.1) is 6.10 Å².